The fourth-order valence-corrected chi connectivity index (χ4v) is 3.00. The Labute approximate surface area is 126 Å². The molecule has 1 heterocycles. The second kappa shape index (κ2) is 7.74. The van der Waals surface area contributed by atoms with Gasteiger partial charge in [-0.2, -0.15) is 0 Å². The highest BCUT2D eigenvalue weighted by Crippen LogP contribution is 2.30. The lowest BCUT2D eigenvalue weighted by atomic mass is 9.94. The third-order valence-corrected chi connectivity index (χ3v) is 4.34. The van der Waals surface area contributed by atoms with Crippen LogP contribution in [0.1, 0.15) is 45.1 Å². The lowest BCUT2D eigenvalue weighted by Crippen LogP contribution is -2.34. The maximum atomic E-state index is 14.3. The Balaban J connectivity index is 2.06. The SMILES string of the molecule is CCCNCc1cc(F)c(N2CCC(CC)CC2)c(F)c1. The van der Waals surface area contributed by atoms with Crippen LogP contribution < -0.4 is 10.2 Å². The minimum atomic E-state index is -0.432. The molecule has 0 aliphatic carbocycles. The van der Waals surface area contributed by atoms with E-state index in [9.17, 15) is 8.78 Å². The number of halogens is 2. The van der Waals surface area contributed by atoms with Crippen LogP contribution in [0.2, 0.25) is 0 Å². The van der Waals surface area contributed by atoms with Crippen molar-refractivity contribution in [3.63, 3.8) is 0 Å². The number of nitrogens with zero attached hydrogens (tertiary/aromatic N) is 1. The Morgan fingerprint density at radius 2 is 1.76 bits per heavy atom. The molecule has 4 heteroatoms. The van der Waals surface area contributed by atoms with E-state index in [-0.39, 0.29) is 5.69 Å². The van der Waals surface area contributed by atoms with Gasteiger partial charge in [0.05, 0.1) is 0 Å². The van der Waals surface area contributed by atoms with Gasteiger partial charge in [-0.1, -0.05) is 20.3 Å². The molecule has 21 heavy (non-hydrogen) atoms. The average Bonchev–Trinajstić information content (AvgIpc) is 2.47. The van der Waals surface area contributed by atoms with E-state index in [0.29, 0.717) is 18.0 Å². The third kappa shape index (κ3) is 4.16. The second-order valence-corrected chi connectivity index (χ2v) is 5.92. The first-order chi connectivity index (χ1) is 10.2. The number of anilines is 1. The predicted molar refractivity (Wildman–Crippen MR) is 83.6 cm³/mol. The maximum Gasteiger partial charge on any atom is 0.149 e. The van der Waals surface area contributed by atoms with E-state index in [2.05, 4.69) is 19.2 Å². The lowest BCUT2D eigenvalue weighted by Gasteiger charge is -2.33. The highest BCUT2D eigenvalue weighted by molar-refractivity contribution is 5.51. The molecule has 2 nitrogen and oxygen atoms in total. The minimum absolute atomic E-state index is 0.156. The molecule has 1 aliphatic heterocycles. The zero-order valence-corrected chi connectivity index (χ0v) is 13.1. The standard InChI is InChI=1S/C17H26F2N2/c1-3-7-20-12-14-10-15(18)17(16(19)11-14)21-8-5-13(4-2)6-9-21/h10-11,13,20H,3-9,12H2,1-2H3. The number of hydrogen-bond acceptors (Lipinski definition) is 2. The monoisotopic (exact) mass is 296 g/mol. The van der Waals surface area contributed by atoms with Gasteiger partial charge in [0.2, 0.25) is 0 Å². The van der Waals surface area contributed by atoms with Gasteiger partial charge in [-0.3, -0.25) is 0 Å². The molecule has 1 N–H and O–H groups in total. The van der Waals surface area contributed by atoms with Crippen molar-refractivity contribution in [2.24, 2.45) is 5.92 Å². The first-order valence-corrected chi connectivity index (χ1v) is 8.09. The molecule has 1 saturated heterocycles. The van der Waals surface area contributed by atoms with Gasteiger partial charge < -0.3 is 10.2 Å². The molecule has 0 unspecified atom stereocenters. The van der Waals surface area contributed by atoms with Gasteiger partial charge in [0.1, 0.15) is 17.3 Å². The highest BCUT2D eigenvalue weighted by atomic mass is 19.1. The lowest BCUT2D eigenvalue weighted by molar-refractivity contribution is 0.389. The summed E-state index contributed by atoms with van der Waals surface area (Å²) in [7, 11) is 0. The fourth-order valence-electron chi connectivity index (χ4n) is 3.00. The van der Waals surface area contributed by atoms with E-state index in [1.807, 2.05) is 4.90 Å². The topological polar surface area (TPSA) is 15.3 Å². The van der Waals surface area contributed by atoms with Crippen LogP contribution in [0.5, 0.6) is 0 Å². The average molecular weight is 296 g/mol. The van der Waals surface area contributed by atoms with Crippen molar-refractivity contribution in [3.05, 3.63) is 29.3 Å². The molecule has 118 valence electrons. The normalized spacial score (nSPS) is 16.5. The molecule has 1 aromatic carbocycles. The molecule has 0 bridgehead atoms. The van der Waals surface area contributed by atoms with E-state index in [4.69, 9.17) is 0 Å². The summed E-state index contributed by atoms with van der Waals surface area (Å²) in [5.41, 5.74) is 0.828. The summed E-state index contributed by atoms with van der Waals surface area (Å²) in [5, 5.41) is 3.17. The Kier molecular flexibility index (Phi) is 5.97. The Morgan fingerprint density at radius 3 is 2.29 bits per heavy atom. The van der Waals surface area contributed by atoms with Crippen LogP contribution in [0.4, 0.5) is 14.5 Å². The largest absolute Gasteiger partial charge is 0.367 e. The van der Waals surface area contributed by atoms with Crippen LogP contribution >= 0.6 is 0 Å². The quantitative estimate of drug-likeness (QED) is 0.795. The number of hydrogen-bond donors (Lipinski definition) is 1. The van der Waals surface area contributed by atoms with Crippen molar-refractivity contribution < 1.29 is 8.78 Å². The molecule has 1 aliphatic rings. The van der Waals surface area contributed by atoms with Crippen LogP contribution in [0.15, 0.2) is 12.1 Å². The summed E-state index contributed by atoms with van der Waals surface area (Å²) in [4.78, 5) is 1.86. The minimum Gasteiger partial charge on any atom is -0.367 e. The van der Waals surface area contributed by atoms with Crippen molar-refractivity contribution in [2.45, 2.75) is 46.1 Å². The molecule has 0 radical (unpaired) electrons. The van der Waals surface area contributed by atoms with Gasteiger partial charge in [0.25, 0.3) is 0 Å². The van der Waals surface area contributed by atoms with Crippen molar-refractivity contribution in [1.29, 1.82) is 0 Å². The highest BCUT2D eigenvalue weighted by Gasteiger charge is 2.23. The van der Waals surface area contributed by atoms with E-state index < -0.39 is 11.6 Å². The summed E-state index contributed by atoms with van der Waals surface area (Å²) in [6.07, 6.45) is 4.21. The van der Waals surface area contributed by atoms with E-state index >= 15 is 0 Å². The van der Waals surface area contributed by atoms with Gasteiger partial charge in [-0.25, -0.2) is 8.78 Å². The maximum absolute atomic E-state index is 14.3. The first-order valence-electron chi connectivity index (χ1n) is 8.09. The molecule has 1 fully saturated rings. The van der Waals surface area contributed by atoms with Crippen LogP contribution in [-0.2, 0) is 6.54 Å². The smallest absolute Gasteiger partial charge is 0.149 e. The van der Waals surface area contributed by atoms with Gasteiger partial charge in [-0.15, -0.1) is 0 Å². The zero-order valence-electron chi connectivity index (χ0n) is 13.1. The van der Waals surface area contributed by atoms with Crippen LogP contribution in [-0.4, -0.2) is 19.6 Å². The summed E-state index contributed by atoms with van der Waals surface area (Å²) in [6.45, 7) is 7.12. The third-order valence-electron chi connectivity index (χ3n) is 4.34. The van der Waals surface area contributed by atoms with Crippen LogP contribution in [0.25, 0.3) is 0 Å². The number of rotatable bonds is 6. The van der Waals surface area contributed by atoms with Crippen molar-refractivity contribution in [2.75, 3.05) is 24.5 Å². The molecule has 0 saturated carbocycles. The fraction of sp³-hybridized carbons (Fsp3) is 0.647. The molecule has 0 atom stereocenters. The van der Waals surface area contributed by atoms with Gasteiger partial charge in [0, 0.05) is 19.6 Å². The first kappa shape index (κ1) is 16.2. The Bertz CT molecular complexity index is 431. The van der Waals surface area contributed by atoms with Gasteiger partial charge in [0.15, 0.2) is 0 Å². The van der Waals surface area contributed by atoms with E-state index in [1.54, 1.807) is 0 Å². The summed E-state index contributed by atoms with van der Waals surface area (Å²) >= 11 is 0. The molecule has 0 amide bonds. The van der Waals surface area contributed by atoms with E-state index in [0.717, 1.165) is 45.3 Å². The predicted octanol–water partition coefficient (Wildman–Crippen LogP) is 4.09. The summed E-state index contributed by atoms with van der Waals surface area (Å²) in [5.74, 6) is -0.165. The number of piperidine rings is 1. The molecular weight excluding hydrogens is 270 g/mol. The van der Waals surface area contributed by atoms with Crippen molar-refractivity contribution in [3.8, 4) is 0 Å². The molecule has 2 rings (SSSR count). The number of nitrogens with one attached hydrogen (secondary N) is 1. The number of benzene rings is 1. The summed E-state index contributed by atoms with van der Waals surface area (Å²) in [6, 6.07) is 2.93. The van der Waals surface area contributed by atoms with E-state index in [1.165, 1.54) is 12.1 Å². The van der Waals surface area contributed by atoms with Crippen molar-refractivity contribution in [1.82, 2.24) is 5.32 Å². The van der Waals surface area contributed by atoms with Crippen LogP contribution in [0, 0.1) is 17.6 Å². The molecule has 0 aromatic heterocycles. The summed E-state index contributed by atoms with van der Waals surface area (Å²) < 4.78 is 28.5. The van der Waals surface area contributed by atoms with Crippen molar-refractivity contribution >= 4 is 5.69 Å². The second-order valence-electron chi connectivity index (χ2n) is 5.92. The van der Waals surface area contributed by atoms with Crippen LogP contribution in [0.3, 0.4) is 0 Å². The Hall–Kier alpha value is -1.16. The Morgan fingerprint density at radius 1 is 1.14 bits per heavy atom. The molecular formula is C17H26F2N2. The van der Waals surface area contributed by atoms with Gasteiger partial charge in [-0.05, 0) is 49.4 Å². The van der Waals surface area contributed by atoms with Gasteiger partial charge >= 0.3 is 0 Å². The molecule has 1 aromatic rings. The molecule has 0 spiro atoms. The zero-order chi connectivity index (χ0) is 15.2.